The Bertz CT molecular complexity index is 188. The molecule has 0 bridgehead atoms. The van der Waals surface area contributed by atoms with Crippen molar-refractivity contribution in [3.05, 3.63) is 0 Å². The molecule has 0 aromatic rings. The summed E-state index contributed by atoms with van der Waals surface area (Å²) in [6, 6.07) is 0. The summed E-state index contributed by atoms with van der Waals surface area (Å²) in [6.45, 7) is 2.05. The third-order valence-electron chi connectivity index (χ3n) is 3.08. The summed E-state index contributed by atoms with van der Waals surface area (Å²) in [7, 11) is 0. The molecule has 0 aromatic heterocycles. The molecular weight excluding hydrogens is 208 g/mol. The van der Waals surface area contributed by atoms with E-state index in [-0.39, 0.29) is 5.25 Å². The van der Waals surface area contributed by atoms with E-state index >= 15 is 0 Å². The molecule has 2 nitrogen and oxygen atoms in total. The van der Waals surface area contributed by atoms with Crippen molar-refractivity contribution < 1.29 is 9.90 Å². The second kappa shape index (κ2) is 7.15. The van der Waals surface area contributed by atoms with Gasteiger partial charge in [0.1, 0.15) is 5.25 Å². The monoisotopic (exact) mass is 230 g/mol. The minimum absolute atomic E-state index is 0.170. The van der Waals surface area contributed by atoms with E-state index in [1.54, 1.807) is 11.8 Å². The van der Waals surface area contributed by atoms with Crippen LogP contribution in [0.3, 0.4) is 0 Å². The summed E-state index contributed by atoms with van der Waals surface area (Å²) >= 11 is 1.66. The Labute approximate surface area is 96.8 Å². The van der Waals surface area contributed by atoms with Gasteiger partial charge in [-0.25, -0.2) is 0 Å². The fraction of sp³-hybridized carbons (Fsp3) is 0.917. The molecule has 0 saturated heterocycles. The highest BCUT2D eigenvalue weighted by Gasteiger charge is 2.20. The Morgan fingerprint density at radius 1 is 1.40 bits per heavy atom. The zero-order valence-electron chi connectivity index (χ0n) is 9.58. The van der Waals surface area contributed by atoms with Gasteiger partial charge >= 0.3 is 5.97 Å². The number of carbonyl (C=O) groups is 1. The van der Waals surface area contributed by atoms with Crippen LogP contribution in [0.25, 0.3) is 0 Å². The molecule has 0 amide bonds. The molecule has 0 aromatic carbocycles. The van der Waals surface area contributed by atoms with Gasteiger partial charge in [0.25, 0.3) is 0 Å². The van der Waals surface area contributed by atoms with Crippen molar-refractivity contribution in [3.8, 4) is 0 Å². The summed E-state index contributed by atoms with van der Waals surface area (Å²) in [5, 5.41) is 8.84. The standard InChI is InChI=1S/C12H22O2S/c1-2-6-11(12(13)14)15-9-10-7-4-3-5-8-10/h10-11H,2-9H2,1H3,(H,13,14). The minimum atomic E-state index is -0.627. The largest absolute Gasteiger partial charge is 0.480 e. The van der Waals surface area contributed by atoms with Crippen molar-refractivity contribution in [2.24, 2.45) is 5.92 Å². The van der Waals surface area contributed by atoms with Gasteiger partial charge < -0.3 is 5.11 Å². The fourth-order valence-electron chi connectivity index (χ4n) is 2.15. The first kappa shape index (κ1) is 12.9. The molecule has 1 fully saturated rings. The Morgan fingerprint density at radius 3 is 2.60 bits per heavy atom. The van der Waals surface area contributed by atoms with Crippen LogP contribution in [0.5, 0.6) is 0 Å². The molecule has 15 heavy (non-hydrogen) atoms. The normalized spacial score (nSPS) is 20.1. The third kappa shape index (κ3) is 4.92. The van der Waals surface area contributed by atoms with E-state index in [1.165, 1.54) is 32.1 Å². The summed E-state index contributed by atoms with van der Waals surface area (Å²) in [5.74, 6) is 1.21. The van der Waals surface area contributed by atoms with Crippen molar-refractivity contribution in [2.75, 3.05) is 5.75 Å². The van der Waals surface area contributed by atoms with Gasteiger partial charge in [-0.3, -0.25) is 4.79 Å². The number of hydrogen-bond acceptors (Lipinski definition) is 2. The first-order chi connectivity index (χ1) is 7.24. The van der Waals surface area contributed by atoms with E-state index in [0.717, 1.165) is 24.5 Å². The molecule has 0 aliphatic heterocycles. The second-order valence-corrected chi connectivity index (χ2v) is 5.69. The van der Waals surface area contributed by atoms with Gasteiger partial charge in [0, 0.05) is 0 Å². The number of thioether (sulfide) groups is 1. The summed E-state index contributed by atoms with van der Waals surface area (Å²) in [6.07, 6.45) is 8.46. The minimum Gasteiger partial charge on any atom is -0.480 e. The van der Waals surface area contributed by atoms with Crippen molar-refractivity contribution in [3.63, 3.8) is 0 Å². The lowest BCUT2D eigenvalue weighted by atomic mass is 9.91. The van der Waals surface area contributed by atoms with Crippen LogP contribution >= 0.6 is 11.8 Å². The smallest absolute Gasteiger partial charge is 0.316 e. The van der Waals surface area contributed by atoms with E-state index in [4.69, 9.17) is 5.11 Å². The molecule has 1 aliphatic rings. The van der Waals surface area contributed by atoms with Crippen LogP contribution in [0.4, 0.5) is 0 Å². The average Bonchev–Trinajstić information content (AvgIpc) is 2.25. The molecule has 88 valence electrons. The fourth-order valence-corrected chi connectivity index (χ4v) is 3.53. The first-order valence-corrected chi connectivity index (χ1v) is 7.13. The molecule has 1 N–H and O–H groups in total. The zero-order valence-corrected chi connectivity index (χ0v) is 10.4. The molecule has 0 heterocycles. The van der Waals surface area contributed by atoms with Crippen LogP contribution in [0.2, 0.25) is 0 Å². The van der Waals surface area contributed by atoms with Gasteiger partial charge in [-0.15, -0.1) is 11.8 Å². The maximum absolute atomic E-state index is 10.9. The van der Waals surface area contributed by atoms with E-state index in [1.807, 2.05) is 0 Å². The topological polar surface area (TPSA) is 37.3 Å². The van der Waals surface area contributed by atoms with Crippen molar-refractivity contribution >= 4 is 17.7 Å². The van der Waals surface area contributed by atoms with Gasteiger partial charge in [-0.1, -0.05) is 32.6 Å². The van der Waals surface area contributed by atoms with E-state index in [0.29, 0.717) is 0 Å². The number of carboxylic acids is 1. The van der Waals surface area contributed by atoms with Crippen LogP contribution in [0.15, 0.2) is 0 Å². The molecule has 0 spiro atoms. The van der Waals surface area contributed by atoms with Crippen molar-refractivity contribution in [1.29, 1.82) is 0 Å². The third-order valence-corrected chi connectivity index (χ3v) is 4.59. The van der Waals surface area contributed by atoms with Gasteiger partial charge in [0.2, 0.25) is 0 Å². The van der Waals surface area contributed by atoms with Gasteiger partial charge in [0.05, 0.1) is 0 Å². The predicted molar refractivity (Wildman–Crippen MR) is 65.4 cm³/mol. The Kier molecular flexibility index (Phi) is 6.15. The number of rotatable bonds is 6. The number of carboxylic acid groups (broad SMARTS) is 1. The van der Waals surface area contributed by atoms with Gasteiger partial charge in [-0.05, 0) is 30.9 Å². The molecule has 1 aliphatic carbocycles. The number of aliphatic carboxylic acids is 1. The lowest BCUT2D eigenvalue weighted by Crippen LogP contribution is -2.19. The number of hydrogen-bond donors (Lipinski definition) is 1. The first-order valence-electron chi connectivity index (χ1n) is 6.08. The van der Waals surface area contributed by atoms with Gasteiger partial charge in [-0.2, -0.15) is 0 Å². The molecule has 1 rings (SSSR count). The molecule has 1 unspecified atom stereocenters. The average molecular weight is 230 g/mol. The quantitative estimate of drug-likeness (QED) is 0.758. The highest BCUT2D eigenvalue weighted by Crippen LogP contribution is 2.29. The van der Waals surface area contributed by atoms with Crippen LogP contribution in [0.1, 0.15) is 51.9 Å². The molecule has 1 saturated carbocycles. The Hall–Kier alpha value is -0.180. The van der Waals surface area contributed by atoms with E-state index in [9.17, 15) is 4.79 Å². The van der Waals surface area contributed by atoms with E-state index in [2.05, 4.69) is 6.92 Å². The Balaban J connectivity index is 2.22. The molecule has 1 atom stereocenters. The van der Waals surface area contributed by atoms with E-state index < -0.39 is 5.97 Å². The highest BCUT2D eigenvalue weighted by molar-refractivity contribution is 8.00. The molecule has 3 heteroatoms. The van der Waals surface area contributed by atoms with Gasteiger partial charge in [0.15, 0.2) is 0 Å². The molecular formula is C12H22O2S. The maximum atomic E-state index is 10.9. The van der Waals surface area contributed by atoms with Crippen LogP contribution in [-0.2, 0) is 4.79 Å². The lowest BCUT2D eigenvalue weighted by Gasteiger charge is -2.22. The van der Waals surface area contributed by atoms with Crippen molar-refractivity contribution in [1.82, 2.24) is 0 Å². The molecule has 0 radical (unpaired) electrons. The predicted octanol–water partition coefficient (Wildman–Crippen LogP) is 3.55. The second-order valence-electron chi connectivity index (χ2n) is 4.45. The van der Waals surface area contributed by atoms with Crippen LogP contribution in [0, 0.1) is 5.92 Å². The summed E-state index contributed by atoms with van der Waals surface area (Å²) in [4.78, 5) is 10.9. The Morgan fingerprint density at radius 2 is 2.07 bits per heavy atom. The van der Waals surface area contributed by atoms with Crippen LogP contribution in [-0.4, -0.2) is 22.1 Å². The summed E-state index contributed by atoms with van der Waals surface area (Å²) in [5.41, 5.74) is 0. The maximum Gasteiger partial charge on any atom is 0.316 e. The highest BCUT2D eigenvalue weighted by atomic mass is 32.2. The van der Waals surface area contributed by atoms with Crippen LogP contribution < -0.4 is 0 Å². The lowest BCUT2D eigenvalue weighted by molar-refractivity contribution is -0.136. The summed E-state index contributed by atoms with van der Waals surface area (Å²) < 4.78 is 0. The SMILES string of the molecule is CCCC(SCC1CCCCC1)C(=O)O. The zero-order chi connectivity index (χ0) is 11.1. The van der Waals surface area contributed by atoms with Crippen molar-refractivity contribution in [2.45, 2.75) is 57.1 Å².